The van der Waals surface area contributed by atoms with Crippen LogP contribution in [0.2, 0.25) is 0 Å². The zero-order valence-corrected chi connectivity index (χ0v) is 10.4. The number of hydrogen-bond donors (Lipinski definition) is 1. The Hall–Kier alpha value is -1.02. The molecule has 1 atom stereocenters. The Labute approximate surface area is 98.7 Å². The van der Waals surface area contributed by atoms with Crippen LogP contribution in [0.4, 0.5) is 5.69 Å². The van der Waals surface area contributed by atoms with Gasteiger partial charge in [-0.05, 0) is 51.4 Å². The number of rotatable bonds is 5. The van der Waals surface area contributed by atoms with Crippen molar-refractivity contribution in [3.05, 3.63) is 29.8 Å². The Morgan fingerprint density at radius 2 is 2.19 bits per heavy atom. The van der Waals surface area contributed by atoms with E-state index in [9.17, 15) is 0 Å². The molecular formula is C14H22N2. The summed E-state index contributed by atoms with van der Waals surface area (Å²) in [6.45, 7) is 4.66. The van der Waals surface area contributed by atoms with Crippen molar-refractivity contribution < 1.29 is 0 Å². The van der Waals surface area contributed by atoms with Crippen molar-refractivity contribution in [3.63, 3.8) is 0 Å². The summed E-state index contributed by atoms with van der Waals surface area (Å²) in [5, 5.41) is 3.21. The van der Waals surface area contributed by atoms with E-state index < -0.39 is 0 Å². The van der Waals surface area contributed by atoms with Gasteiger partial charge in [-0.2, -0.15) is 0 Å². The van der Waals surface area contributed by atoms with E-state index in [1.807, 2.05) is 7.05 Å². The summed E-state index contributed by atoms with van der Waals surface area (Å²) in [7, 11) is 2.02. The smallest absolute Gasteiger partial charge is 0.0401 e. The topological polar surface area (TPSA) is 15.3 Å². The first kappa shape index (κ1) is 11.5. The monoisotopic (exact) mass is 218 g/mol. The van der Waals surface area contributed by atoms with Gasteiger partial charge >= 0.3 is 0 Å². The molecule has 0 radical (unpaired) electrons. The number of hydrogen-bond acceptors (Lipinski definition) is 2. The predicted octanol–water partition coefficient (Wildman–Crippen LogP) is 2.44. The molecule has 0 aliphatic carbocycles. The molecule has 0 saturated carbocycles. The van der Waals surface area contributed by atoms with Gasteiger partial charge in [0.2, 0.25) is 0 Å². The lowest BCUT2D eigenvalue weighted by molar-refractivity contribution is 0.563. The second-order valence-corrected chi connectivity index (χ2v) is 4.67. The van der Waals surface area contributed by atoms with E-state index >= 15 is 0 Å². The van der Waals surface area contributed by atoms with Crippen molar-refractivity contribution in [3.8, 4) is 0 Å². The van der Waals surface area contributed by atoms with Gasteiger partial charge < -0.3 is 10.2 Å². The highest BCUT2D eigenvalue weighted by Gasteiger charge is 2.22. The van der Waals surface area contributed by atoms with Crippen LogP contribution < -0.4 is 10.2 Å². The molecule has 0 saturated heterocycles. The van der Waals surface area contributed by atoms with Crippen LogP contribution in [-0.2, 0) is 6.42 Å². The highest BCUT2D eigenvalue weighted by atomic mass is 15.2. The van der Waals surface area contributed by atoms with Crippen molar-refractivity contribution in [1.82, 2.24) is 5.32 Å². The molecule has 0 amide bonds. The van der Waals surface area contributed by atoms with Gasteiger partial charge in [-0.3, -0.25) is 0 Å². The van der Waals surface area contributed by atoms with Crippen molar-refractivity contribution in [2.45, 2.75) is 32.2 Å². The Kier molecular flexibility index (Phi) is 3.83. The van der Waals surface area contributed by atoms with E-state index in [-0.39, 0.29) is 0 Å². The lowest BCUT2D eigenvalue weighted by atomic mass is 10.1. The molecule has 1 aromatic carbocycles. The highest BCUT2D eigenvalue weighted by molar-refractivity contribution is 5.58. The number of para-hydroxylation sites is 1. The van der Waals surface area contributed by atoms with Crippen LogP contribution in [0.25, 0.3) is 0 Å². The van der Waals surface area contributed by atoms with Gasteiger partial charge in [0.05, 0.1) is 0 Å². The number of benzene rings is 1. The van der Waals surface area contributed by atoms with Crippen LogP contribution in [0, 0.1) is 0 Å². The molecule has 16 heavy (non-hydrogen) atoms. The lowest BCUT2D eigenvalue weighted by Crippen LogP contribution is -2.31. The van der Waals surface area contributed by atoms with Gasteiger partial charge in [-0.25, -0.2) is 0 Å². The van der Waals surface area contributed by atoms with Gasteiger partial charge in [-0.15, -0.1) is 0 Å². The molecule has 0 fully saturated rings. The van der Waals surface area contributed by atoms with E-state index in [0.717, 1.165) is 6.54 Å². The third kappa shape index (κ3) is 2.38. The molecule has 2 nitrogen and oxygen atoms in total. The molecule has 0 bridgehead atoms. The molecule has 2 heteroatoms. The summed E-state index contributed by atoms with van der Waals surface area (Å²) in [6.07, 6.45) is 3.75. The molecule has 1 unspecified atom stereocenters. The largest absolute Gasteiger partial charge is 0.368 e. The first-order valence-corrected chi connectivity index (χ1v) is 6.32. The van der Waals surface area contributed by atoms with Crippen LogP contribution >= 0.6 is 0 Å². The normalized spacial score (nSPS) is 16.2. The van der Waals surface area contributed by atoms with Crippen LogP contribution in [0.3, 0.4) is 0 Å². The Morgan fingerprint density at radius 3 is 3.00 bits per heavy atom. The summed E-state index contributed by atoms with van der Waals surface area (Å²) >= 11 is 0. The van der Waals surface area contributed by atoms with Gasteiger partial charge in [0.25, 0.3) is 0 Å². The van der Waals surface area contributed by atoms with Crippen molar-refractivity contribution in [2.75, 3.05) is 25.0 Å². The first-order chi connectivity index (χ1) is 7.83. The molecule has 1 aromatic rings. The van der Waals surface area contributed by atoms with Gasteiger partial charge in [0.15, 0.2) is 0 Å². The maximum Gasteiger partial charge on any atom is 0.0401 e. The van der Waals surface area contributed by atoms with Gasteiger partial charge in [-0.1, -0.05) is 18.2 Å². The predicted molar refractivity (Wildman–Crippen MR) is 70.1 cm³/mol. The maximum atomic E-state index is 3.21. The van der Waals surface area contributed by atoms with E-state index in [4.69, 9.17) is 0 Å². The molecule has 1 aliphatic rings. The van der Waals surface area contributed by atoms with E-state index in [1.54, 1.807) is 0 Å². The second kappa shape index (κ2) is 5.35. The minimum absolute atomic E-state index is 0.664. The molecular weight excluding hydrogens is 196 g/mol. The summed E-state index contributed by atoms with van der Waals surface area (Å²) in [6, 6.07) is 9.48. The Balaban J connectivity index is 1.96. The maximum absolute atomic E-state index is 3.21. The van der Waals surface area contributed by atoms with Crippen molar-refractivity contribution >= 4 is 5.69 Å². The third-order valence-corrected chi connectivity index (χ3v) is 3.50. The molecule has 2 rings (SSSR count). The molecule has 0 aromatic heterocycles. The highest BCUT2D eigenvalue weighted by Crippen LogP contribution is 2.30. The third-order valence-electron chi connectivity index (χ3n) is 3.50. The van der Waals surface area contributed by atoms with Crippen LogP contribution in [0.15, 0.2) is 24.3 Å². The zero-order chi connectivity index (χ0) is 11.4. The molecule has 0 spiro atoms. The van der Waals surface area contributed by atoms with Crippen molar-refractivity contribution in [1.29, 1.82) is 0 Å². The fraction of sp³-hybridized carbons (Fsp3) is 0.571. The average Bonchev–Trinajstić information content (AvgIpc) is 2.73. The molecule has 88 valence electrons. The van der Waals surface area contributed by atoms with E-state index in [1.165, 1.54) is 37.1 Å². The summed E-state index contributed by atoms with van der Waals surface area (Å²) in [4.78, 5) is 2.56. The number of nitrogens with one attached hydrogen (secondary N) is 1. The van der Waals surface area contributed by atoms with Gasteiger partial charge in [0.1, 0.15) is 0 Å². The second-order valence-electron chi connectivity index (χ2n) is 4.67. The van der Waals surface area contributed by atoms with Crippen LogP contribution in [0.1, 0.15) is 25.3 Å². The van der Waals surface area contributed by atoms with Crippen LogP contribution in [0.5, 0.6) is 0 Å². The van der Waals surface area contributed by atoms with E-state index in [0.29, 0.717) is 6.04 Å². The quantitative estimate of drug-likeness (QED) is 0.764. The Morgan fingerprint density at radius 1 is 1.38 bits per heavy atom. The SMILES string of the molecule is CNCCCC(C)N1CCc2ccccc21. The summed E-state index contributed by atoms with van der Waals surface area (Å²) < 4.78 is 0. The fourth-order valence-corrected chi connectivity index (χ4v) is 2.55. The number of anilines is 1. The summed E-state index contributed by atoms with van der Waals surface area (Å²) in [5.41, 5.74) is 2.97. The minimum Gasteiger partial charge on any atom is -0.368 e. The minimum atomic E-state index is 0.664. The van der Waals surface area contributed by atoms with Crippen LogP contribution in [-0.4, -0.2) is 26.2 Å². The molecule has 1 aliphatic heterocycles. The van der Waals surface area contributed by atoms with Crippen molar-refractivity contribution in [2.24, 2.45) is 0 Å². The fourth-order valence-electron chi connectivity index (χ4n) is 2.55. The lowest BCUT2D eigenvalue weighted by Gasteiger charge is -2.27. The number of nitrogens with zero attached hydrogens (tertiary/aromatic N) is 1. The standard InChI is InChI=1S/C14H22N2/c1-12(6-5-10-15-2)16-11-9-13-7-3-4-8-14(13)16/h3-4,7-8,12,15H,5-6,9-11H2,1-2H3. The molecule has 1 heterocycles. The molecule has 1 N–H and O–H groups in total. The zero-order valence-electron chi connectivity index (χ0n) is 10.4. The van der Waals surface area contributed by atoms with E-state index in [2.05, 4.69) is 41.4 Å². The number of fused-ring (bicyclic) bond motifs is 1. The summed E-state index contributed by atoms with van der Waals surface area (Å²) in [5.74, 6) is 0. The van der Waals surface area contributed by atoms with Gasteiger partial charge in [0, 0.05) is 18.3 Å². The average molecular weight is 218 g/mol. The Bertz CT molecular complexity index is 335. The first-order valence-electron chi connectivity index (χ1n) is 6.32.